The van der Waals surface area contributed by atoms with Crippen LogP contribution in [-0.2, 0) is 11.3 Å². The number of carbonyl (C=O) groups excluding carboxylic acids is 1. The van der Waals surface area contributed by atoms with Gasteiger partial charge in [-0.3, -0.25) is 4.79 Å². The average Bonchev–Trinajstić information content (AvgIpc) is 2.43. The molecule has 5 nitrogen and oxygen atoms in total. The van der Waals surface area contributed by atoms with Crippen molar-refractivity contribution in [3.8, 4) is 5.75 Å². The largest absolute Gasteiger partial charge is 0.495 e. The molecule has 0 bridgehead atoms. The molecule has 0 radical (unpaired) electrons. The van der Waals surface area contributed by atoms with E-state index < -0.39 is 0 Å². The van der Waals surface area contributed by atoms with Gasteiger partial charge >= 0.3 is 0 Å². The zero-order chi connectivity index (χ0) is 15.7. The molecule has 0 saturated carbocycles. The number of benzene rings is 1. The Balaban J connectivity index is 2.64. The predicted molar refractivity (Wildman–Crippen MR) is 86.5 cm³/mol. The highest BCUT2D eigenvalue weighted by Crippen LogP contribution is 2.26. The van der Waals surface area contributed by atoms with Crippen molar-refractivity contribution in [2.45, 2.75) is 32.2 Å². The Bertz CT molecular complexity index is 447. The van der Waals surface area contributed by atoms with Gasteiger partial charge in [-0.05, 0) is 51.2 Å². The second-order valence-corrected chi connectivity index (χ2v) is 5.42. The van der Waals surface area contributed by atoms with E-state index in [0.717, 1.165) is 37.1 Å². The molecule has 0 aliphatic rings. The topological polar surface area (TPSA) is 67.6 Å². The fraction of sp³-hybridized carbons (Fsp3) is 0.562. The lowest BCUT2D eigenvalue weighted by atomic mass is 10.1. The van der Waals surface area contributed by atoms with Crippen molar-refractivity contribution >= 4 is 11.6 Å². The summed E-state index contributed by atoms with van der Waals surface area (Å²) in [5.74, 6) is 0.708. The van der Waals surface area contributed by atoms with Gasteiger partial charge in [0.05, 0.1) is 12.8 Å². The zero-order valence-electron chi connectivity index (χ0n) is 13.3. The lowest BCUT2D eigenvalue weighted by Gasteiger charge is -2.14. The third kappa shape index (κ3) is 6.60. The molecule has 0 aliphatic heterocycles. The van der Waals surface area contributed by atoms with Crippen LogP contribution in [0.1, 0.15) is 31.2 Å². The molecule has 0 saturated heterocycles. The normalized spacial score (nSPS) is 10.7. The Hall–Kier alpha value is -1.59. The lowest BCUT2D eigenvalue weighted by Crippen LogP contribution is -2.14. The standard InChI is InChI=1S/C16H27N3O2/c1-19(2)12-13-8-9-15(21-3)14(11-13)18-16(20)7-5-4-6-10-17/h8-9,11H,4-7,10,12,17H2,1-3H3,(H,18,20). The molecule has 3 N–H and O–H groups in total. The number of rotatable bonds is 9. The van der Waals surface area contributed by atoms with Crippen molar-refractivity contribution in [1.29, 1.82) is 0 Å². The smallest absolute Gasteiger partial charge is 0.224 e. The van der Waals surface area contributed by atoms with Gasteiger partial charge in [-0.15, -0.1) is 0 Å². The summed E-state index contributed by atoms with van der Waals surface area (Å²) in [7, 11) is 5.64. The second-order valence-electron chi connectivity index (χ2n) is 5.42. The number of anilines is 1. The summed E-state index contributed by atoms with van der Waals surface area (Å²) in [6, 6.07) is 5.87. The molecule has 0 fully saturated rings. The monoisotopic (exact) mass is 293 g/mol. The molecule has 1 amide bonds. The molecule has 0 spiro atoms. The number of ether oxygens (including phenoxy) is 1. The van der Waals surface area contributed by atoms with Crippen LogP contribution in [0.3, 0.4) is 0 Å². The minimum atomic E-state index is 0.0207. The van der Waals surface area contributed by atoms with Crippen molar-refractivity contribution in [3.05, 3.63) is 23.8 Å². The van der Waals surface area contributed by atoms with Crippen LogP contribution in [0, 0.1) is 0 Å². The predicted octanol–water partition coefficient (Wildman–Crippen LogP) is 2.21. The Morgan fingerprint density at radius 2 is 2.05 bits per heavy atom. The molecule has 0 aliphatic carbocycles. The van der Waals surface area contributed by atoms with Crippen LogP contribution >= 0.6 is 0 Å². The number of nitrogens with two attached hydrogens (primary N) is 1. The summed E-state index contributed by atoms with van der Waals surface area (Å²) in [4.78, 5) is 14.1. The molecule has 1 aromatic rings. The maximum Gasteiger partial charge on any atom is 0.224 e. The maximum absolute atomic E-state index is 12.0. The van der Waals surface area contributed by atoms with Gasteiger partial charge in [0.15, 0.2) is 0 Å². The highest BCUT2D eigenvalue weighted by molar-refractivity contribution is 5.92. The number of nitrogens with one attached hydrogen (secondary N) is 1. The molecule has 1 aromatic carbocycles. The third-order valence-corrected chi connectivity index (χ3v) is 3.14. The molecule has 5 heteroatoms. The van der Waals surface area contributed by atoms with Crippen LogP contribution in [0.15, 0.2) is 18.2 Å². The van der Waals surface area contributed by atoms with E-state index in [2.05, 4.69) is 10.2 Å². The number of methoxy groups -OCH3 is 1. The number of unbranched alkanes of at least 4 members (excludes halogenated alkanes) is 2. The summed E-state index contributed by atoms with van der Waals surface area (Å²) in [5.41, 5.74) is 7.32. The quantitative estimate of drug-likeness (QED) is 0.685. The molecule has 118 valence electrons. The molecule has 0 unspecified atom stereocenters. The lowest BCUT2D eigenvalue weighted by molar-refractivity contribution is -0.116. The highest BCUT2D eigenvalue weighted by atomic mass is 16.5. The van der Waals surface area contributed by atoms with Gasteiger partial charge in [-0.2, -0.15) is 0 Å². The fourth-order valence-corrected chi connectivity index (χ4v) is 2.14. The van der Waals surface area contributed by atoms with Gasteiger partial charge in [0, 0.05) is 13.0 Å². The van der Waals surface area contributed by atoms with E-state index in [1.54, 1.807) is 7.11 Å². The van der Waals surface area contributed by atoms with Gasteiger partial charge < -0.3 is 20.7 Å². The minimum Gasteiger partial charge on any atom is -0.495 e. The molecule has 0 aromatic heterocycles. The maximum atomic E-state index is 12.0. The molecule has 21 heavy (non-hydrogen) atoms. The van der Waals surface area contributed by atoms with E-state index in [-0.39, 0.29) is 5.91 Å². The van der Waals surface area contributed by atoms with Gasteiger partial charge in [0.2, 0.25) is 5.91 Å². The number of nitrogens with zero attached hydrogens (tertiary/aromatic N) is 1. The SMILES string of the molecule is COc1ccc(CN(C)C)cc1NC(=O)CCCCCN. The molecule has 0 atom stereocenters. The van der Waals surface area contributed by atoms with Crippen molar-refractivity contribution in [2.75, 3.05) is 33.1 Å². The van der Waals surface area contributed by atoms with Crippen LogP contribution in [0.5, 0.6) is 5.75 Å². The fourth-order valence-electron chi connectivity index (χ4n) is 2.14. The Morgan fingerprint density at radius 1 is 1.29 bits per heavy atom. The van der Waals surface area contributed by atoms with E-state index in [1.165, 1.54) is 0 Å². The molecular formula is C16H27N3O2. The summed E-state index contributed by atoms with van der Waals surface area (Å²) in [6.07, 6.45) is 3.33. The third-order valence-electron chi connectivity index (χ3n) is 3.14. The van der Waals surface area contributed by atoms with Crippen molar-refractivity contribution in [2.24, 2.45) is 5.73 Å². The average molecular weight is 293 g/mol. The highest BCUT2D eigenvalue weighted by Gasteiger charge is 2.09. The summed E-state index contributed by atoms with van der Waals surface area (Å²) in [6.45, 7) is 1.51. The minimum absolute atomic E-state index is 0.0207. The first-order valence-electron chi connectivity index (χ1n) is 7.38. The molecule has 0 heterocycles. The van der Waals surface area contributed by atoms with Gasteiger partial charge in [0.1, 0.15) is 5.75 Å². The van der Waals surface area contributed by atoms with Crippen LogP contribution in [0.4, 0.5) is 5.69 Å². The first kappa shape index (κ1) is 17.5. The number of amides is 1. The first-order valence-corrected chi connectivity index (χ1v) is 7.38. The zero-order valence-corrected chi connectivity index (χ0v) is 13.3. The van der Waals surface area contributed by atoms with E-state index in [1.807, 2.05) is 32.3 Å². The van der Waals surface area contributed by atoms with E-state index in [4.69, 9.17) is 10.5 Å². The Labute approximate surface area is 127 Å². The second kappa shape index (κ2) is 9.37. The van der Waals surface area contributed by atoms with E-state index in [0.29, 0.717) is 18.7 Å². The van der Waals surface area contributed by atoms with Gasteiger partial charge in [0.25, 0.3) is 0 Å². The Kier molecular flexibility index (Phi) is 7.79. The summed E-state index contributed by atoms with van der Waals surface area (Å²) >= 11 is 0. The molecule has 1 rings (SSSR count). The van der Waals surface area contributed by atoms with Crippen molar-refractivity contribution < 1.29 is 9.53 Å². The molecular weight excluding hydrogens is 266 g/mol. The van der Waals surface area contributed by atoms with Crippen LogP contribution in [0.25, 0.3) is 0 Å². The summed E-state index contributed by atoms with van der Waals surface area (Å²) in [5, 5.41) is 2.94. The summed E-state index contributed by atoms with van der Waals surface area (Å²) < 4.78 is 5.30. The number of hydrogen-bond acceptors (Lipinski definition) is 4. The van der Waals surface area contributed by atoms with Crippen LogP contribution in [-0.4, -0.2) is 38.6 Å². The van der Waals surface area contributed by atoms with Gasteiger partial charge in [-0.25, -0.2) is 0 Å². The first-order chi connectivity index (χ1) is 10.1. The van der Waals surface area contributed by atoms with Crippen LogP contribution < -0.4 is 15.8 Å². The van der Waals surface area contributed by atoms with Crippen LogP contribution in [0.2, 0.25) is 0 Å². The van der Waals surface area contributed by atoms with Crippen molar-refractivity contribution in [3.63, 3.8) is 0 Å². The Morgan fingerprint density at radius 3 is 2.67 bits per heavy atom. The van der Waals surface area contributed by atoms with Crippen molar-refractivity contribution in [1.82, 2.24) is 4.90 Å². The van der Waals surface area contributed by atoms with E-state index in [9.17, 15) is 4.79 Å². The van der Waals surface area contributed by atoms with Gasteiger partial charge in [-0.1, -0.05) is 12.5 Å². The number of hydrogen-bond donors (Lipinski definition) is 2. The van der Waals surface area contributed by atoms with E-state index >= 15 is 0 Å². The number of carbonyl (C=O) groups is 1.